The van der Waals surface area contributed by atoms with Gasteiger partial charge in [-0.2, -0.15) is 0 Å². The summed E-state index contributed by atoms with van der Waals surface area (Å²) in [5, 5.41) is 0. The Morgan fingerprint density at radius 1 is 1.14 bits per heavy atom. The SMILES string of the molecule is CN=COC=NC. The topological polar surface area (TPSA) is 34.0 Å². The molecule has 0 aliphatic heterocycles. The maximum absolute atomic E-state index is 4.55. The van der Waals surface area contributed by atoms with Gasteiger partial charge in [-0.25, -0.2) is 0 Å². The lowest BCUT2D eigenvalue weighted by atomic mass is 11.2. The maximum Gasteiger partial charge on any atom is 0.177 e. The number of aliphatic imine (C=N–C) groups is 2. The van der Waals surface area contributed by atoms with Crippen LogP contribution in [0.25, 0.3) is 0 Å². The van der Waals surface area contributed by atoms with Crippen LogP contribution in [-0.2, 0) is 4.74 Å². The van der Waals surface area contributed by atoms with Crippen molar-refractivity contribution in [2.75, 3.05) is 14.1 Å². The molecule has 0 radical (unpaired) electrons. The first-order chi connectivity index (χ1) is 3.41. The Bertz CT molecular complexity index is 67.8. The Kier molecular flexibility index (Phi) is 4.51. The lowest BCUT2D eigenvalue weighted by Crippen LogP contribution is -1.80. The standard InChI is InChI=1S/C4H8N2O/c1-5-3-7-4-6-2/h3-4H,1-2H3. The fourth-order valence-electron chi connectivity index (χ4n) is 0.149. The molecule has 40 valence electrons. The molecule has 0 aliphatic carbocycles. The second kappa shape index (κ2) is 5.14. The van der Waals surface area contributed by atoms with E-state index in [0.29, 0.717) is 0 Å². The van der Waals surface area contributed by atoms with Gasteiger partial charge in [0.15, 0.2) is 12.8 Å². The van der Waals surface area contributed by atoms with E-state index in [0.717, 1.165) is 0 Å². The second-order valence-electron chi connectivity index (χ2n) is 0.863. The van der Waals surface area contributed by atoms with Gasteiger partial charge in [-0.05, 0) is 0 Å². The average molecular weight is 100 g/mol. The van der Waals surface area contributed by atoms with Gasteiger partial charge in [0.1, 0.15) is 0 Å². The third-order valence-corrected chi connectivity index (χ3v) is 0.333. The van der Waals surface area contributed by atoms with Crippen LogP contribution in [0.2, 0.25) is 0 Å². The highest BCUT2D eigenvalue weighted by molar-refractivity contribution is 5.63. The number of hydrogen-bond acceptors (Lipinski definition) is 3. The number of hydrogen-bond donors (Lipinski definition) is 0. The molecule has 3 heteroatoms. The minimum Gasteiger partial charge on any atom is -0.435 e. The molecule has 7 heavy (non-hydrogen) atoms. The van der Waals surface area contributed by atoms with Crippen molar-refractivity contribution in [2.24, 2.45) is 9.98 Å². The summed E-state index contributed by atoms with van der Waals surface area (Å²) in [5.41, 5.74) is 0. The van der Waals surface area contributed by atoms with Crippen LogP contribution in [-0.4, -0.2) is 26.9 Å². The molecule has 0 amide bonds. The van der Waals surface area contributed by atoms with Crippen LogP contribution in [0, 0.1) is 0 Å². The molecule has 0 saturated carbocycles. The molecule has 0 spiro atoms. The summed E-state index contributed by atoms with van der Waals surface area (Å²) in [6.07, 6.45) is 2.62. The first-order valence-electron chi connectivity index (χ1n) is 1.88. The van der Waals surface area contributed by atoms with E-state index in [1.165, 1.54) is 12.8 Å². The van der Waals surface area contributed by atoms with Crippen molar-refractivity contribution in [1.82, 2.24) is 0 Å². The van der Waals surface area contributed by atoms with Crippen LogP contribution in [0.3, 0.4) is 0 Å². The fourth-order valence-corrected chi connectivity index (χ4v) is 0.149. The van der Waals surface area contributed by atoms with Crippen molar-refractivity contribution in [3.63, 3.8) is 0 Å². The van der Waals surface area contributed by atoms with E-state index in [2.05, 4.69) is 14.7 Å². The molecule has 0 heterocycles. The molecule has 0 unspecified atom stereocenters. The first-order valence-corrected chi connectivity index (χ1v) is 1.88. The van der Waals surface area contributed by atoms with Crippen LogP contribution in [0.15, 0.2) is 9.98 Å². The Morgan fingerprint density at radius 2 is 1.57 bits per heavy atom. The van der Waals surface area contributed by atoms with Crippen molar-refractivity contribution < 1.29 is 4.74 Å². The lowest BCUT2D eigenvalue weighted by Gasteiger charge is -1.80. The zero-order chi connectivity index (χ0) is 5.54. The van der Waals surface area contributed by atoms with Gasteiger partial charge in [0, 0.05) is 14.1 Å². The smallest absolute Gasteiger partial charge is 0.177 e. The van der Waals surface area contributed by atoms with E-state index in [-0.39, 0.29) is 0 Å². The molecule has 0 atom stereocenters. The van der Waals surface area contributed by atoms with Gasteiger partial charge in [-0.3, -0.25) is 9.98 Å². The molecular weight excluding hydrogens is 92.1 g/mol. The predicted octanol–water partition coefficient (Wildman–Crippen LogP) is 0.319. The van der Waals surface area contributed by atoms with Gasteiger partial charge in [-0.1, -0.05) is 0 Å². The molecule has 0 N–H and O–H groups in total. The summed E-state index contributed by atoms with van der Waals surface area (Å²) in [7, 11) is 3.26. The van der Waals surface area contributed by atoms with Gasteiger partial charge in [0.2, 0.25) is 0 Å². The minimum absolute atomic E-state index is 1.31. The van der Waals surface area contributed by atoms with Crippen LogP contribution in [0.5, 0.6) is 0 Å². The summed E-state index contributed by atoms with van der Waals surface area (Å²) < 4.78 is 4.55. The Hall–Kier alpha value is -0.860. The van der Waals surface area contributed by atoms with Gasteiger partial charge >= 0.3 is 0 Å². The molecule has 0 saturated heterocycles. The van der Waals surface area contributed by atoms with E-state index >= 15 is 0 Å². The minimum atomic E-state index is 1.31. The van der Waals surface area contributed by atoms with Crippen molar-refractivity contribution in [3.8, 4) is 0 Å². The van der Waals surface area contributed by atoms with Crippen molar-refractivity contribution in [2.45, 2.75) is 0 Å². The fraction of sp³-hybridized carbons (Fsp3) is 0.500. The number of nitrogens with zero attached hydrogens (tertiary/aromatic N) is 2. The normalized spacial score (nSPS) is 11.1. The monoisotopic (exact) mass is 100 g/mol. The summed E-state index contributed by atoms with van der Waals surface area (Å²) >= 11 is 0. The molecule has 0 aromatic carbocycles. The van der Waals surface area contributed by atoms with E-state index in [4.69, 9.17) is 0 Å². The van der Waals surface area contributed by atoms with Crippen LogP contribution in [0.1, 0.15) is 0 Å². The lowest BCUT2D eigenvalue weighted by molar-refractivity contribution is 0.592. The Balaban J connectivity index is 2.98. The van der Waals surface area contributed by atoms with Crippen LogP contribution < -0.4 is 0 Å². The zero-order valence-electron chi connectivity index (χ0n) is 4.46. The number of ether oxygens (including phenoxy) is 1. The highest BCUT2D eigenvalue weighted by Gasteiger charge is 1.59. The first kappa shape index (κ1) is 6.14. The highest BCUT2D eigenvalue weighted by atomic mass is 16.5. The second-order valence-corrected chi connectivity index (χ2v) is 0.863. The van der Waals surface area contributed by atoms with Gasteiger partial charge < -0.3 is 4.74 Å². The average Bonchev–Trinajstić information content (AvgIpc) is 1.69. The van der Waals surface area contributed by atoms with E-state index < -0.39 is 0 Å². The molecule has 3 nitrogen and oxygen atoms in total. The van der Waals surface area contributed by atoms with Crippen molar-refractivity contribution in [3.05, 3.63) is 0 Å². The Labute approximate surface area is 42.7 Å². The largest absolute Gasteiger partial charge is 0.435 e. The van der Waals surface area contributed by atoms with E-state index in [1.54, 1.807) is 14.1 Å². The summed E-state index contributed by atoms with van der Waals surface area (Å²) in [4.78, 5) is 7.07. The molecule has 0 aliphatic rings. The highest BCUT2D eigenvalue weighted by Crippen LogP contribution is 1.57. The van der Waals surface area contributed by atoms with Gasteiger partial charge in [0.05, 0.1) is 0 Å². The molecule has 0 aromatic heterocycles. The molecule has 0 bridgehead atoms. The predicted molar refractivity (Wildman–Crippen MR) is 29.9 cm³/mol. The van der Waals surface area contributed by atoms with Crippen molar-refractivity contribution in [1.29, 1.82) is 0 Å². The van der Waals surface area contributed by atoms with Crippen LogP contribution in [0.4, 0.5) is 0 Å². The summed E-state index contributed by atoms with van der Waals surface area (Å²) in [5.74, 6) is 0. The summed E-state index contributed by atoms with van der Waals surface area (Å²) in [6, 6.07) is 0. The molecular formula is C4H8N2O. The van der Waals surface area contributed by atoms with Crippen LogP contribution >= 0.6 is 0 Å². The third-order valence-electron chi connectivity index (χ3n) is 0.333. The molecule has 0 aromatic rings. The molecule has 0 rings (SSSR count). The van der Waals surface area contributed by atoms with Gasteiger partial charge in [-0.15, -0.1) is 0 Å². The Morgan fingerprint density at radius 3 is 1.86 bits per heavy atom. The summed E-state index contributed by atoms with van der Waals surface area (Å²) in [6.45, 7) is 0. The van der Waals surface area contributed by atoms with Gasteiger partial charge in [0.25, 0.3) is 0 Å². The zero-order valence-corrected chi connectivity index (χ0v) is 4.46. The quantitative estimate of drug-likeness (QED) is 0.363. The molecule has 0 fully saturated rings. The third kappa shape index (κ3) is 5.14. The van der Waals surface area contributed by atoms with Crippen molar-refractivity contribution >= 4 is 12.8 Å². The number of rotatable bonds is 2. The van der Waals surface area contributed by atoms with E-state index in [9.17, 15) is 0 Å². The van der Waals surface area contributed by atoms with E-state index in [1.807, 2.05) is 0 Å². The maximum atomic E-state index is 4.55.